The average Bonchev–Trinajstić information content (AvgIpc) is 3.45. The lowest BCUT2D eigenvalue weighted by Gasteiger charge is -2.28. The lowest BCUT2D eigenvalue weighted by atomic mass is 9.79. The Bertz CT molecular complexity index is 1010. The molecule has 0 aliphatic heterocycles. The number of hydrogen-bond acceptors (Lipinski definition) is 6. The minimum atomic E-state index is -0.763. The van der Waals surface area contributed by atoms with Crippen molar-refractivity contribution in [3.63, 3.8) is 0 Å². The van der Waals surface area contributed by atoms with Crippen LogP contribution in [0, 0.1) is 5.82 Å². The van der Waals surface area contributed by atoms with E-state index in [1.165, 1.54) is 12.1 Å². The summed E-state index contributed by atoms with van der Waals surface area (Å²) in [6, 6.07) is 13.3. The van der Waals surface area contributed by atoms with Gasteiger partial charge in [0.25, 0.3) is 5.89 Å². The van der Waals surface area contributed by atoms with Gasteiger partial charge in [0, 0.05) is 5.56 Å². The van der Waals surface area contributed by atoms with E-state index in [2.05, 4.69) is 10.2 Å². The molecule has 2 aromatic carbocycles. The van der Waals surface area contributed by atoms with Crippen LogP contribution in [0.3, 0.4) is 0 Å². The summed E-state index contributed by atoms with van der Waals surface area (Å²) in [5.41, 5.74) is 0.760. The Morgan fingerprint density at radius 3 is 2.37 bits per heavy atom. The Labute approximate surface area is 174 Å². The first-order valence-corrected chi connectivity index (χ1v) is 9.97. The summed E-state index contributed by atoms with van der Waals surface area (Å²) in [6.45, 7) is 1.70. The summed E-state index contributed by atoms with van der Waals surface area (Å²) in [7, 11) is 1.60. The van der Waals surface area contributed by atoms with Gasteiger partial charge in [-0.05, 0) is 61.7 Å². The number of methoxy groups -OCH3 is 1. The van der Waals surface area contributed by atoms with Gasteiger partial charge in [0.15, 0.2) is 6.10 Å². The Kier molecular flexibility index (Phi) is 5.53. The van der Waals surface area contributed by atoms with Gasteiger partial charge < -0.3 is 13.9 Å². The standard InChI is InChI=1S/C23H23FN2O4/c1-15(20-25-26-21(30-20)16-5-11-19(28-2)12-6-16)29-22(27)23(13-3-4-14-23)17-7-9-18(24)10-8-17/h5-12,15H,3-4,13-14H2,1-2H3/t15-/m0/s1. The molecule has 0 amide bonds. The maximum absolute atomic E-state index is 13.4. The van der Waals surface area contributed by atoms with E-state index < -0.39 is 11.5 Å². The zero-order valence-electron chi connectivity index (χ0n) is 16.9. The first-order chi connectivity index (χ1) is 14.5. The molecule has 1 aliphatic rings. The quantitative estimate of drug-likeness (QED) is 0.533. The lowest BCUT2D eigenvalue weighted by Crippen LogP contribution is -2.35. The number of benzene rings is 2. The van der Waals surface area contributed by atoms with Gasteiger partial charge in [-0.3, -0.25) is 4.79 Å². The zero-order chi connectivity index (χ0) is 21.1. The maximum atomic E-state index is 13.4. The molecule has 4 rings (SSSR count). The van der Waals surface area contributed by atoms with E-state index >= 15 is 0 Å². The van der Waals surface area contributed by atoms with E-state index in [0.717, 1.165) is 29.7 Å². The molecule has 1 saturated carbocycles. The smallest absolute Gasteiger partial charge is 0.317 e. The van der Waals surface area contributed by atoms with Crippen molar-refractivity contribution < 1.29 is 23.1 Å². The Morgan fingerprint density at radius 2 is 1.73 bits per heavy atom. The molecule has 0 unspecified atom stereocenters. The molecule has 1 fully saturated rings. The van der Waals surface area contributed by atoms with Crippen molar-refractivity contribution in [2.24, 2.45) is 0 Å². The van der Waals surface area contributed by atoms with Gasteiger partial charge in [0.05, 0.1) is 12.5 Å². The Morgan fingerprint density at radius 1 is 1.07 bits per heavy atom. The van der Waals surface area contributed by atoms with E-state index in [1.54, 1.807) is 38.3 Å². The van der Waals surface area contributed by atoms with Gasteiger partial charge in [-0.1, -0.05) is 25.0 Å². The summed E-state index contributed by atoms with van der Waals surface area (Å²) >= 11 is 0. The number of nitrogens with zero attached hydrogens (tertiary/aromatic N) is 2. The Hall–Kier alpha value is -3.22. The van der Waals surface area contributed by atoms with Crippen LogP contribution < -0.4 is 4.74 Å². The highest BCUT2D eigenvalue weighted by Gasteiger charge is 2.45. The van der Waals surface area contributed by atoms with Gasteiger partial charge in [-0.15, -0.1) is 10.2 Å². The van der Waals surface area contributed by atoms with Crippen molar-refractivity contribution >= 4 is 5.97 Å². The SMILES string of the molecule is COc1ccc(-c2nnc([C@H](C)OC(=O)C3(c4ccc(F)cc4)CCCC3)o2)cc1. The van der Waals surface area contributed by atoms with E-state index in [4.69, 9.17) is 13.9 Å². The van der Waals surface area contributed by atoms with Crippen LogP contribution in [0.2, 0.25) is 0 Å². The maximum Gasteiger partial charge on any atom is 0.317 e. The number of rotatable bonds is 6. The van der Waals surface area contributed by atoms with Crippen molar-refractivity contribution in [1.82, 2.24) is 10.2 Å². The second-order valence-electron chi connectivity index (χ2n) is 7.52. The number of carbonyl (C=O) groups excluding carboxylic acids is 1. The number of aromatic nitrogens is 2. The molecule has 1 atom stereocenters. The van der Waals surface area contributed by atoms with Crippen molar-refractivity contribution in [3.05, 3.63) is 65.8 Å². The summed E-state index contributed by atoms with van der Waals surface area (Å²) in [5, 5.41) is 8.11. The first kappa shape index (κ1) is 20.1. The molecule has 1 aliphatic carbocycles. The molecule has 0 bridgehead atoms. The second-order valence-corrected chi connectivity index (χ2v) is 7.52. The number of carbonyl (C=O) groups is 1. The van der Waals surface area contributed by atoms with E-state index in [1.807, 2.05) is 12.1 Å². The molecule has 156 valence electrons. The van der Waals surface area contributed by atoms with Crippen LogP contribution >= 0.6 is 0 Å². The van der Waals surface area contributed by atoms with E-state index in [-0.39, 0.29) is 17.7 Å². The van der Waals surface area contributed by atoms with Gasteiger partial charge in [0.2, 0.25) is 5.89 Å². The van der Waals surface area contributed by atoms with E-state index in [9.17, 15) is 9.18 Å². The largest absolute Gasteiger partial charge is 0.497 e. The number of ether oxygens (including phenoxy) is 2. The van der Waals surface area contributed by atoms with Gasteiger partial charge in [-0.25, -0.2) is 4.39 Å². The number of esters is 1. The fourth-order valence-corrected chi connectivity index (χ4v) is 3.93. The summed E-state index contributed by atoms with van der Waals surface area (Å²) in [5.74, 6) is 0.614. The molecule has 0 radical (unpaired) electrons. The molecule has 0 saturated heterocycles. The van der Waals surface area contributed by atoms with Gasteiger partial charge >= 0.3 is 5.97 Å². The molecule has 0 N–H and O–H groups in total. The molecule has 1 aromatic heterocycles. The molecule has 30 heavy (non-hydrogen) atoms. The van der Waals surface area contributed by atoms with Crippen LogP contribution in [0.15, 0.2) is 52.9 Å². The van der Waals surface area contributed by atoms with Crippen LogP contribution in [-0.4, -0.2) is 23.3 Å². The van der Waals surface area contributed by atoms with Crippen LogP contribution in [0.1, 0.15) is 50.2 Å². The number of hydrogen-bond donors (Lipinski definition) is 0. The molecular formula is C23H23FN2O4. The fourth-order valence-electron chi connectivity index (χ4n) is 3.93. The van der Waals surface area contributed by atoms with Crippen LogP contribution in [0.25, 0.3) is 11.5 Å². The highest BCUT2D eigenvalue weighted by molar-refractivity contribution is 5.83. The fraction of sp³-hybridized carbons (Fsp3) is 0.348. The summed E-state index contributed by atoms with van der Waals surface area (Å²) in [4.78, 5) is 13.2. The van der Waals surface area contributed by atoms with Gasteiger partial charge in [-0.2, -0.15) is 0 Å². The van der Waals surface area contributed by atoms with Crippen LogP contribution in [-0.2, 0) is 14.9 Å². The van der Waals surface area contributed by atoms with Crippen molar-refractivity contribution in [2.75, 3.05) is 7.11 Å². The zero-order valence-corrected chi connectivity index (χ0v) is 16.9. The van der Waals surface area contributed by atoms with Gasteiger partial charge in [0.1, 0.15) is 11.6 Å². The third kappa shape index (κ3) is 3.79. The first-order valence-electron chi connectivity index (χ1n) is 9.97. The third-order valence-electron chi connectivity index (χ3n) is 5.65. The van der Waals surface area contributed by atoms with Crippen LogP contribution in [0.5, 0.6) is 5.75 Å². The summed E-state index contributed by atoms with van der Waals surface area (Å²) in [6.07, 6.45) is 2.48. The lowest BCUT2D eigenvalue weighted by molar-refractivity contribution is -0.156. The molecule has 6 nitrogen and oxygen atoms in total. The van der Waals surface area contributed by atoms with E-state index in [0.29, 0.717) is 18.7 Å². The predicted molar refractivity (Wildman–Crippen MR) is 107 cm³/mol. The second kappa shape index (κ2) is 8.26. The molecule has 3 aromatic rings. The Balaban J connectivity index is 1.51. The third-order valence-corrected chi connectivity index (χ3v) is 5.65. The normalized spacial score (nSPS) is 16.2. The van der Waals surface area contributed by atoms with Crippen LogP contribution in [0.4, 0.5) is 4.39 Å². The molecule has 1 heterocycles. The van der Waals surface area contributed by atoms with Crippen molar-refractivity contribution in [1.29, 1.82) is 0 Å². The molecule has 0 spiro atoms. The topological polar surface area (TPSA) is 74.5 Å². The highest BCUT2D eigenvalue weighted by atomic mass is 19.1. The highest BCUT2D eigenvalue weighted by Crippen LogP contribution is 2.43. The molecule has 7 heteroatoms. The number of halogens is 1. The minimum Gasteiger partial charge on any atom is -0.497 e. The monoisotopic (exact) mass is 410 g/mol. The molecular weight excluding hydrogens is 387 g/mol. The van der Waals surface area contributed by atoms with Crippen molar-refractivity contribution in [3.8, 4) is 17.2 Å². The summed E-state index contributed by atoms with van der Waals surface area (Å²) < 4.78 is 30.0. The minimum absolute atomic E-state index is 0.224. The van der Waals surface area contributed by atoms with Crippen molar-refractivity contribution in [2.45, 2.75) is 44.1 Å². The average molecular weight is 410 g/mol. The predicted octanol–water partition coefficient (Wildman–Crippen LogP) is 5.00.